The van der Waals surface area contributed by atoms with Crippen LogP contribution in [-0.2, 0) is 11.2 Å². The molecule has 0 spiro atoms. The van der Waals surface area contributed by atoms with Gasteiger partial charge in [0.05, 0.1) is 0 Å². The first-order valence-corrected chi connectivity index (χ1v) is 5.43. The summed E-state index contributed by atoms with van der Waals surface area (Å²) in [5.41, 5.74) is 7.15. The van der Waals surface area contributed by atoms with Crippen molar-refractivity contribution < 1.29 is 4.74 Å². The van der Waals surface area contributed by atoms with Crippen LogP contribution in [-0.4, -0.2) is 19.3 Å². The molecule has 0 saturated heterocycles. The monoisotopic (exact) mass is 227 g/mol. The first-order chi connectivity index (χ1) is 7.03. The van der Waals surface area contributed by atoms with Crippen molar-refractivity contribution in [2.75, 3.05) is 13.7 Å². The SMILES string of the molecule is COCCC(C)(N)Cc1ccc(Cl)cc1. The molecule has 0 aliphatic heterocycles. The van der Waals surface area contributed by atoms with Crippen molar-refractivity contribution in [2.45, 2.75) is 25.3 Å². The Morgan fingerprint density at radius 2 is 1.93 bits per heavy atom. The van der Waals surface area contributed by atoms with Crippen molar-refractivity contribution in [3.05, 3.63) is 34.9 Å². The second-order valence-corrected chi connectivity index (χ2v) is 4.64. The molecule has 0 saturated carbocycles. The first-order valence-electron chi connectivity index (χ1n) is 5.06. The van der Waals surface area contributed by atoms with Crippen molar-refractivity contribution >= 4 is 11.6 Å². The number of ether oxygens (including phenoxy) is 1. The highest BCUT2D eigenvalue weighted by Crippen LogP contribution is 2.16. The molecular weight excluding hydrogens is 210 g/mol. The average molecular weight is 228 g/mol. The van der Waals surface area contributed by atoms with E-state index in [-0.39, 0.29) is 5.54 Å². The van der Waals surface area contributed by atoms with Crippen LogP contribution in [0.3, 0.4) is 0 Å². The van der Waals surface area contributed by atoms with Gasteiger partial charge in [0.25, 0.3) is 0 Å². The molecule has 1 aromatic carbocycles. The van der Waals surface area contributed by atoms with E-state index in [1.54, 1.807) is 7.11 Å². The lowest BCUT2D eigenvalue weighted by Gasteiger charge is -2.24. The van der Waals surface area contributed by atoms with E-state index >= 15 is 0 Å². The molecule has 0 aliphatic rings. The first kappa shape index (κ1) is 12.5. The third-order valence-electron chi connectivity index (χ3n) is 2.40. The van der Waals surface area contributed by atoms with Gasteiger partial charge in [0.1, 0.15) is 0 Å². The number of hydrogen-bond donors (Lipinski definition) is 1. The minimum absolute atomic E-state index is 0.218. The van der Waals surface area contributed by atoms with E-state index in [0.717, 1.165) is 17.9 Å². The minimum atomic E-state index is -0.218. The van der Waals surface area contributed by atoms with E-state index in [1.165, 1.54) is 5.56 Å². The van der Waals surface area contributed by atoms with Crippen molar-refractivity contribution in [1.82, 2.24) is 0 Å². The Morgan fingerprint density at radius 3 is 2.47 bits per heavy atom. The summed E-state index contributed by atoms with van der Waals surface area (Å²) in [6.07, 6.45) is 1.69. The molecule has 1 atom stereocenters. The van der Waals surface area contributed by atoms with Crippen LogP contribution in [0.5, 0.6) is 0 Å². The van der Waals surface area contributed by atoms with E-state index in [2.05, 4.69) is 0 Å². The third kappa shape index (κ3) is 4.65. The van der Waals surface area contributed by atoms with Crippen LogP contribution in [0.15, 0.2) is 24.3 Å². The number of halogens is 1. The number of methoxy groups -OCH3 is 1. The normalized spacial score (nSPS) is 14.9. The Labute approximate surface area is 96.4 Å². The van der Waals surface area contributed by atoms with Gasteiger partial charge in [0.15, 0.2) is 0 Å². The quantitative estimate of drug-likeness (QED) is 0.840. The number of benzene rings is 1. The molecular formula is C12H18ClNO. The molecule has 0 bridgehead atoms. The number of rotatable bonds is 5. The third-order valence-corrected chi connectivity index (χ3v) is 2.65. The molecule has 0 aliphatic carbocycles. The Hall–Kier alpha value is -0.570. The van der Waals surface area contributed by atoms with Gasteiger partial charge < -0.3 is 10.5 Å². The summed E-state index contributed by atoms with van der Waals surface area (Å²) in [5.74, 6) is 0. The zero-order chi connectivity index (χ0) is 11.3. The lowest BCUT2D eigenvalue weighted by atomic mass is 9.91. The Kier molecular flexibility index (Phi) is 4.58. The molecule has 0 aromatic heterocycles. The minimum Gasteiger partial charge on any atom is -0.385 e. The van der Waals surface area contributed by atoms with Crippen LogP contribution in [0.1, 0.15) is 18.9 Å². The summed E-state index contributed by atoms with van der Waals surface area (Å²) in [5, 5.41) is 0.759. The van der Waals surface area contributed by atoms with Crippen LogP contribution in [0.2, 0.25) is 5.02 Å². The molecule has 0 heterocycles. The van der Waals surface area contributed by atoms with Gasteiger partial charge in [0, 0.05) is 24.3 Å². The summed E-state index contributed by atoms with van der Waals surface area (Å²) in [6.45, 7) is 2.74. The second kappa shape index (κ2) is 5.50. The van der Waals surface area contributed by atoms with Crippen LogP contribution >= 0.6 is 11.6 Å². The molecule has 1 rings (SSSR count). The van der Waals surface area contributed by atoms with E-state index in [4.69, 9.17) is 22.1 Å². The maximum Gasteiger partial charge on any atom is 0.0479 e. The molecule has 0 amide bonds. The maximum atomic E-state index is 6.16. The van der Waals surface area contributed by atoms with Gasteiger partial charge in [-0.15, -0.1) is 0 Å². The van der Waals surface area contributed by atoms with Crippen LogP contribution in [0.25, 0.3) is 0 Å². The molecule has 84 valence electrons. The fraction of sp³-hybridized carbons (Fsp3) is 0.500. The topological polar surface area (TPSA) is 35.2 Å². The van der Waals surface area contributed by atoms with Crippen molar-refractivity contribution in [1.29, 1.82) is 0 Å². The second-order valence-electron chi connectivity index (χ2n) is 4.20. The van der Waals surface area contributed by atoms with Crippen molar-refractivity contribution in [3.8, 4) is 0 Å². The summed E-state index contributed by atoms with van der Waals surface area (Å²) in [4.78, 5) is 0. The molecule has 2 N–H and O–H groups in total. The van der Waals surface area contributed by atoms with Crippen LogP contribution in [0.4, 0.5) is 0 Å². The average Bonchev–Trinajstić information content (AvgIpc) is 2.18. The van der Waals surface area contributed by atoms with Gasteiger partial charge in [-0.2, -0.15) is 0 Å². The molecule has 15 heavy (non-hydrogen) atoms. The van der Waals surface area contributed by atoms with Crippen molar-refractivity contribution in [3.63, 3.8) is 0 Å². The van der Waals surface area contributed by atoms with Crippen molar-refractivity contribution in [2.24, 2.45) is 5.73 Å². The van der Waals surface area contributed by atoms with Gasteiger partial charge in [0.2, 0.25) is 0 Å². The fourth-order valence-corrected chi connectivity index (χ4v) is 1.62. The Morgan fingerprint density at radius 1 is 1.33 bits per heavy atom. The van der Waals surface area contributed by atoms with Gasteiger partial charge in [-0.25, -0.2) is 0 Å². The van der Waals surface area contributed by atoms with E-state index in [0.29, 0.717) is 6.61 Å². The molecule has 0 fully saturated rings. The zero-order valence-electron chi connectivity index (χ0n) is 9.29. The summed E-state index contributed by atoms with van der Waals surface area (Å²) in [6, 6.07) is 7.81. The molecule has 0 radical (unpaired) electrons. The largest absolute Gasteiger partial charge is 0.385 e. The molecule has 1 aromatic rings. The highest BCUT2D eigenvalue weighted by Gasteiger charge is 2.18. The van der Waals surface area contributed by atoms with Gasteiger partial charge in [-0.3, -0.25) is 0 Å². The summed E-state index contributed by atoms with van der Waals surface area (Å²) in [7, 11) is 1.69. The smallest absolute Gasteiger partial charge is 0.0479 e. The van der Waals surface area contributed by atoms with Gasteiger partial charge >= 0.3 is 0 Å². The summed E-state index contributed by atoms with van der Waals surface area (Å²) < 4.78 is 5.03. The van der Waals surface area contributed by atoms with Crippen LogP contribution < -0.4 is 5.73 Å². The van der Waals surface area contributed by atoms with E-state index in [9.17, 15) is 0 Å². The highest BCUT2D eigenvalue weighted by molar-refractivity contribution is 6.30. The molecule has 3 heteroatoms. The Balaban J connectivity index is 2.56. The standard InChI is InChI=1S/C12H18ClNO/c1-12(14,7-8-15-2)9-10-3-5-11(13)6-4-10/h3-6H,7-9,14H2,1-2H3. The predicted octanol–water partition coefficient (Wildman–Crippen LogP) is 2.64. The van der Waals surface area contributed by atoms with E-state index < -0.39 is 0 Å². The molecule has 2 nitrogen and oxygen atoms in total. The number of hydrogen-bond acceptors (Lipinski definition) is 2. The fourth-order valence-electron chi connectivity index (χ4n) is 1.49. The zero-order valence-corrected chi connectivity index (χ0v) is 10.1. The Bertz CT molecular complexity index is 295. The van der Waals surface area contributed by atoms with Crippen LogP contribution in [0, 0.1) is 0 Å². The summed E-state index contributed by atoms with van der Waals surface area (Å²) >= 11 is 5.82. The maximum absolute atomic E-state index is 6.16. The lowest BCUT2D eigenvalue weighted by Crippen LogP contribution is -2.39. The highest BCUT2D eigenvalue weighted by atomic mass is 35.5. The van der Waals surface area contributed by atoms with Gasteiger partial charge in [-0.05, 0) is 37.5 Å². The predicted molar refractivity (Wildman–Crippen MR) is 64.2 cm³/mol. The lowest BCUT2D eigenvalue weighted by molar-refractivity contribution is 0.171. The molecule has 1 unspecified atom stereocenters. The van der Waals surface area contributed by atoms with Gasteiger partial charge in [-0.1, -0.05) is 23.7 Å². The van der Waals surface area contributed by atoms with E-state index in [1.807, 2.05) is 31.2 Å². The number of nitrogens with two attached hydrogens (primary N) is 1.